The van der Waals surface area contributed by atoms with Gasteiger partial charge >= 0.3 is 0 Å². The smallest absolute Gasteiger partial charge is 0.279 e. The SMILES string of the molecule is CONC(=O)c1c(-c2ccc(F)cc2)oc2cc(N(C)S(C)(=O)=O)c(-c3cccc(C#N)c3)cc12. The van der Waals surface area contributed by atoms with E-state index in [9.17, 15) is 22.9 Å². The highest BCUT2D eigenvalue weighted by Crippen LogP contribution is 2.41. The fraction of sp³-hybridized carbons (Fsp3) is 0.120. The van der Waals surface area contributed by atoms with E-state index in [2.05, 4.69) is 11.5 Å². The van der Waals surface area contributed by atoms with Crippen LogP contribution in [0.25, 0.3) is 33.4 Å². The van der Waals surface area contributed by atoms with Gasteiger partial charge in [-0.15, -0.1) is 0 Å². The molecule has 0 unspecified atom stereocenters. The first kappa shape index (κ1) is 23.9. The number of benzene rings is 3. The molecule has 0 aliphatic carbocycles. The van der Waals surface area contributed by atoms with Gasteiger partial charge in [0.15, 0.2) is 0 Å². The summed E-state index contributed by atoms with van der Waals surface area (Å²) in [5.74, 6) is -0.901. The summed E-state index contributed by atoms with van der Waals surface area (Å²) in [6.45, 7) is 0. The minimum atomic E-state index is -3.67. The van der Waals surface area contributed by atoms with E-state index in [1.54, 1.807) is 30.3 Å². The molecule has 0 radical (unpaired) electrons. The lowest BCUT2D eigenvalue weighted by Crippen LogP contribution is -2.25. The quantitative estimate of drug-likeness (QED) is 0.397. The molecule has 0 aliphatic heterocycles. The van der Waals surface area contributed by atoms with Crippen LogP contribution in [0.4, 0.5) is 10.1 Å². The molecule has 0 aliphatic rings. The lowest BCUT2D eigenvalue weighted by Gasteiger charge is -2.20. The van der Waals surface area contributed by atoms with Crippen molar-refractivity contribution >= 4 is 32.6 Å². The monoisotopic (exact) mass is 493 g/mol. The van der Waals surface area contributed by atoms with Gasteiger partial charge in [-0.05, 0) is 48.0 Å². The van der Waals surface area contributed by atoms with E-state index in [-0.39, 0.29) is 22.6 Å². The molecule has 1 aromatic heterocycles. The predicted octanol–water partition coefficient (Wildman–Crippen LogP) is 4.46. The predicted molar refractivity (Wildman–Crippen MR) is 129 cm³/mol. The van der Waals surface area contributed by atoms with Gasteiger partial charge in [-0.1, -0.05) is 12.1 Å². The standard InChI is InChI=1S/C25H20FN3O5S/c1-29(35(3,31)32)21-13-22-20(12-19(21)17-6-4-5-15(11-17)14-27)23(25(30)28-33-2)24(34-22)16-7-9-18(26)10-8-16/h4-13H,1-3H3,(H,28,30). The first-order valence-corrected chi connectivity index (χ1v) is 12.1. The lowest BCUT2D eigenvalue weighted by molar-refractivity contribution is 0.0539. The molecule has 4 rings (SSSR count). The topological polar surface area (TPSA) is 113 Å². The van der Waals surface area contributed by atoms with Gasteiger partial charge < -0.3 is 4.42 Å². The molecule has 0 saturated heterocycles. The molecule has 1 heterocycles. The van der Waals surface area contributed by atoms with Gasteiger partial charge in [0.25, 0.3) is 5.91 Å². The zero-order chi connectivity index (χ0) is 25.3. The molecule has 8 nitrogen and oxygen atoms in total. The fourth-order valence-electron chi connectivity index (χ4n) is 3.73. The average molecular weight is 494 g/mol. The third-order valence-corrected chi connectivity index (χ3v) is 6.67. The number of hydroxylamine groups is 1. The van der Waals surface area contributed by atoms with Gasteiger partial charge in [-0.2, -0.15) is 5.26 Å². The highest BCUT2D eigenvalue weighted by atomic mass is 32.2. The molecule has 0 fully saturated rings. The maximum atomic E-state index is 13.5. The van der Waals surface area contributed by atoms with E-state index in [0.29, 0.717) is 27.6 Å². The van der Waals surface area contributed by atoms with E-state index >= 15 is 0 Å². The Morgan fingerprint density at radius 1 is 1.11 bits per heavy atom. The Labute approximate surface area is 201 Å². The number of halogens is 1. The number of carbonyl (C=O) groups excluding carboxylic acids is 1. The van der Waals surface area contributed by atoms with Gasteiger partial charge in [0.1, 0.15) is 17.2 Å². The molecule has 0 spiro atoms. The number of nitrogens with one attached hydrogen (secondary N) is 1. The summed E-state index contributed by atoms with van der Waals surface area (Å²) in [5.41, 5.74) is 4.77. The highest BCUT2D eigenvalue weighted by Gasteiger charge is 2.26. The zero-order valence-electron chi connectivity index (χ0n) is 19.0. The zero-order valence-corrected chi connectivity index (χ0v) is 19.8. The van der Waals surface area contributed by atoms with Crippen LogP contribution >= 0.6 is 0 Å². The van der Waals surface area contributed by atoms with E-state index in [1.165, 1.54) is 44.5 Å². The summed E-state index contributed by atoms with van der Waals surface area (Å²) < 4.78 is 45.5. The van der Waals surface area contributed by atoms with Crippen molar-refractivity contribution in [1.82, 2.24) is 5.48 Å². The molecule has 1 N–H and O–H groups in total. The second kappa shape index (κ2) is 9.21. The Morgan fingerprint density at radius 2 is 1.83 bits per heavy atom. The van der Waals surface area contributed by atoms with Crippen molar-refractivity contribution in [2.24, 2.45) is 0 Å². The number of sulfonamides is 1. The number of carbonyl (C=O) groups is 1. The number of nitrogens with zero attached hydrogens (tertiary/aromatic N) is 2. The first-order valence-electron chi connectivity index (χ1n) is 10.3. The molecule has 0 saturated carbocycles. The third-order valence-electron chi connectivity index (χ3n) is 5.47. The van der Waals surface area contributed by atoms with Crippen molar-refractivity contribution in [3.63, 3.8) is 0 Å². The van der Waals surface area contributed by atoms with Gasteiger partial charge in [0.2, 0.25) is 10.0 Å². The summed E-state index contributed by atoms with van der Waals surface area (Å²) in [4.78, 5) is 17.8. The molecular formula is C25H20FN3O5S. The first-order chi connectivity index (χ1) is 16.6. The van der Waals surface area contributed by atoms with E-state index in [1.807, 2.05) is 0 Å². The number of fused-ring (bicyclic) bond motifs is 1. The second-order valence-electron chi connectivity index (χ2n) is 7.74. The highest BCUT2D eigenvalue weighted by molar-refractivity contribution is 7.92. The Morgan fingerprint density at radius 3 is 2.46 bits per heavy atom. The molecular weight excluding hydrogens is 473 g/mol. The Bertz CT molecular complexity index is 1590. The summed E-state index contributed by atoms with van der Waals surface area (Å²) in [6.07, 6.45) is 1.07. The summed E-state index contributed by atoms with van der Waals surface area (Å²) in [7, 11) is -0.983. The molecule has 0 atom stereocenters. The van der Waals surface area contributed by atoms with Crippen molar-refractivity contribution in [2.45, 2.75) is 0 Å². The summed E-state index contributed by atoms with van der Waals surface area (Å²) in [5, 5.41) is 9.73. The van der Waals surface area contributed by atoms with Gasteiger partial charge in [-0.25, -0.2) is 18.3 Å². The normalized spacial score (nSPS) is 11.3. The summed E-state index contributed by atoms with van der Waals surface area (Å²) in [6, 6.07) is 17.3. The lowest BCUT2D eigenvalue weighted by atomic mass is 9.97. The van der Waals surface area contributed by atoms with Crippen molar-refractivity contribution in [1.29, 1.82) is 5.26 Å². The molecule has 178 valence electrons. The molecule has 1 amide bonds. The van der Waals surface area contributed by atoms with Crippen LogP contribution < -0.4 is 9.79 Å². The van der Waals surface area contributed by atoms with Crippen molar-refractivity contribution in [3.8, 4) is 28.5 Å². The molecule has 3 aromatic carbocycles. The van der Waals surface area contributed by atoms with Crippen LogP contribution in [0, 0.1) is 17.1 Å². The van der Waals surface area contributed by atoms with E-state index in [0.717, 1.165) is 10.6 Å². The van der Waals surface area contributed by atoms with Crippen LogP contribution in [-0.4, -0.2) is 34.7 Å². The van der Waals surface area contributed by atoms with Crippen LogP contribution in [-0.2, 0) is 14.9 Å². The second-order valence-corrected chi connectivity index (χ2v) is 9.75. The maximum Gasteiger partial charge on any atom is 0.279 e. The minimum Gasteiger partial charge on any atom is -0.455 e. The van der Waals surface area contributed by atoms with E-state index in [4.69, 9.17) is 9.25 Å². The average Bonchev–Trinajstić information content (AvgIpc) is 3.21. The maximum absolute atomic E-state index is 13.5. The largest absolute Gasteiger partial charge is 0.455 e. The minimum absolute atomic E-state index is 0.125. The third kappa shape index (κ3) is 4.59. The number of hydrogen-bond acceptors (Lipinski definition) is 6. The van der Waals surface area contributed by atoms with Crippen LogP contribution in [0.2, 0.25) is 0 Å². The number of nitriles is 1. The number of hydrogen-bond donors (Lipinski definition) is 1. The Kier molecular flexibility index (Phi) is 6.30. The van der Waals surface area contributed by atoms with Crippen molar-refractivity contribution in [3.05, 3.63) is 77.6 Å². The summed E-state index contributed by atoms with van der Waals surface area (Å²) >= 11 is 0. The molecule has 10 heteroatoms. The molecule has 4 aromatic rings. The van der Waals surface area contributed by atoms with E-state index < -0.39 is 21.7 Å². The Balaban J connectivity index is 2.09. The van der Waals surface area contributed by atoms with Crippen molar-refractivity contribution < 1.29 is 26.9 Å². The number of rotatable bonds is 6. The van der Waals surface area contributed by atoms with Crippen molar-refractivity contribution in [2.75, 3.05) is 24.7 Å². The number of amides is 1. The van der Waals surface area contributed by atoms with Gasteiger partial charge in [0, 0.05) is 29.6 Å². The Hall–Kier alpha value is -4.20. The fourth-order valence-corrected chi connectivity index (χ4v) is 4.24. The van der Waals surface area contributed by atoms with Crippen LogP contribution in [0.15, 0.2) is 65.1 Å². The van der Waals surface area contributed by atoms with Crippen LogP contribution in [0.5, 0.6) is 0 Å². The van der Waals surface area contributed by atoms with Gasteiger partial charge in [-0.3, -0.25) is 13.9 Å². The van der Waals surface area contributed by atoms with Crippen LogP contribution in [0.3, 0.4) is 0 Å². The molecule has 35 heavy (non-hydrogen) atoms. The number of anilines is 1. The molecule has 0 bridgehead atoms. The van der Waals surface area contributed by atoms with Gasteiger partial charge in [0.05, 0.1) is 36.2 Å². The van der Waals surface area contributed by atoms with Crippen LogP contribution in [0.1, 0.15) is 15.9 Å². The number of furan rings is 1.